The van der Waals surface area contributed by atoms with E-state index in [0.29, 0.717) is 6.54 Å². The third-order valence-electron chi connectivity index (χ3n) is 5.04. The molecule has 1 aliphatic rings. The van der Waals surface area contributed by atoms with Gasteiger partial charge >= 0.3 is 0 Å². The van der Waals surface area contributed by atoms with Gasteiger partial charge < -0.3 is 15.4 Å². The molecule has 152 valence electrons. The normalized spacial score (nSPS) is 16.8. The first-order chi connectivity index (χ1) is 13.7. The maximum Gasteiger partial charge on any atom is 0.191 e. The summed E-state index contributed by atoms with van der Waals surface area (Å²) in [6.45, 7) is 9.91. The van der Waals surface area contributed by atoms with Crippen molar-refractivity contribution >= 4 is 5.96 Å². The molecule has 0 spiro atoms. The smallest absolute Gasteiger partial charge is 0.191 e. The second kappa shape index (κ2) is 10.2. The average molecular weight is 385 g/mol. The molecule has 2 N–H and O–H groups in total. The van der Waals surface area contributed by atoms with Crippen molar-refractivity contribution < 1.29 is 4.74 Å². The number of nitrogens with zero attached hydrogens (tertiary/aromatic N) is 4. The molecule has 1 fully saturated rings. The van der Waals surface area contributed by atoms with Gasteiger partial charge in [0.2, 0.25) is 0 Å². The van der Waals surface area contributed by atoms with Gasteiger partial charge in [-0.15, -0.1) is 0 Å². The highest BCUT2D eigenvalue weighted by Crippen LogP contribution is 2.22. The monoisotopic (exact) mass is 384 g/mol. The molecule has 0 amide bonds. The number of aryl methyl sites for hydroxylation is 2. The van der Waals surface area contributed by atoms with Crippen LogP contribution in [0.2, 0.25) is 0 Å². The number of hydrogen-bond acceptors (Lipinski definition) is 4. The number of hydrogen-bond donors (Lipinski definition) is 2. The van der Waals surface area contributed by atoms with E-state index in [1.54, 1.807) is 6.20 Å². The lowest BCUT2D eigenvalue weighted by Crippen LogP contribution is -2.46. The maximum atomic E-state index is 5.56. The van der Waals surface area contributed by atoms with Crippen LogP contribution in [0.25, 0.3) is 0 Å². The van der Waals surface area contributed by atoms with Crippen LogP contribution in [0.3, 0.4) is 0 Å². The van der Waals surface area contributed by atoms with Crippen molar-refractivity contribution in [3.8, 4) is 0 Å². The van der Waals surface area contributed by atoms with E-state index in [0.717, 1.165) is 51.0 Å². The van der Waals surface area contributed by atoms with E-state index >= 15 is 0 Å². The molecule has 1 atom stereocenters. The van der Waals surface area contributed by atoms with E-state index in [2.05, 4.69) is 58.7 Å². The van der Waals surface area contributed by atoms with Gasteiger partial charge in [0.15, 0.2) is 5.96 Å². The molecule has 1 saturated heterocycles. The number of nitrogens with one attached hydrogen (secondary N) is 2. The molecule has 28 heavy (non-hydrogen) atoms. The lowest BCUT2D eigenvalue weighted by atomic mass is 10.0. The summed E-state index contributed by atoms with van der Waals surface area (Å²) < 4.78 is 7.42. The molecule has 1 aromatic carbocycles. The third kappa shape index (κ3) is 5.56. The Balaban J connectivity index is 1.71. The summed E-state index contributed by atoms with van der Waals surface area (Å²) in [6, 6.07) is 11.1. The molecule has 7 nitrogen and oxygen atoms in total. The Labute approximate surface area is 167 Å². The Hall–Kier alpha value is -2.38. The van der Waals surface area contributed by atoms with Crippen LogP contribution in [0.4, 0.5) is 0 Å². The van der Waals surface area contributed by atoms with Gasteiger partial charge in [0.25, 0.3) is 0 Å². The fraction of sp³-hybridized carbons (Fsp3) is 0.524. The molecule has 3 rings (SSSR count). The second-order valence-electron chi connectivity index (χ2n) is 7.10. The Morgan fingerprint density at radius 2 is 2.07 bits per heavy atom. The summed E-state index contributed by atoms with van der Waals surface area (Å²) in [6.07, 6.45) is 1.80. The number of guanidine groups is 1. The van der Waals surface area contributed by atoms with E-state index in [4.69, 9.17) is 9.73 Å². The zero-order chi connectivity index (χ0) is 19.8. The molecule has 1 aliphatic heterocycles. The highest BCUT2D eigenvalue weighted by Gasteiger charge is 2.23. The van der Waals surface area contributed by atoms with Crippen LogP contribution in [-0.2, 0) is 18.3 Å². The van der Waals surface area contributed by atoms with Crippen LogP contribution < -0.4 is 10.6 Å². The first kappa shape index (κ1) is 20.4. The van der Waals surface area contributed by atoms with Gasteiger partial charge in [0, 0.05) is 39.4 Å². The Kier molecular flexibility index (Phi) is 7.45. The zero-order valence-corrected chi connectivity index (χ0v) is 17.2. The highest BCUT2D eigenvalue weighted by atomic mass is 16.5. The molecule has 0 radical (unpaired) electrons. The predicted octanol–water partition coefficient (Wildman–Crippen LogP) is 1.86. The van der Waals surface area contributed by atoms with E-state index < -0.39 is 0 Å². The maximum absolute atomic E-state index is 5.56. The molecule has 1 unspecified atom stereocenters. The third-order valence-corrected chi connectivity index (χ3v) is 5.04. The van der Waals surface area contributed by atoms with Crippen molar-refractivity contribution in [2.75, 3.05) is 39.4 Å². The molecule has 7 heteroatoms. The van der Waals surface area contributed by atoms with Crippen molar-refractivity contribution in [2.45, 2.75) is 26.4 Å². The minimum absolute atomic E-state index is 0.282. The summed E-state index contributed by atoms with van der Waals surface area (Å²) in [4.78, 5) is 7.23. The van der Waals surface area contributed by atoms with E-state index in [1.165, 1.54) is 11.1 Å². The quantitative estimate of drug-likeness (QED) is 0.563. The fourth-order valence-electron chi connectivity index (χ4n) is 3.48. The fourth-order valence-corrected chi connectivity index (χ4v) is 3.48. The first-order valence-electron chi connectivity index (χ1n) is 10.0. The van der Waals surface area contributed by atoms with E-state index in [1.807, 2.05) is 17.8 Å². The van der Waals surface area contributed by atoms with Crippen molar-refractivity contribution in [3.63, 3.8) is 0 Å². The van der Waals surface area contributed by atoms with E-state index in [9.17, 15) is 0 Å². The Morgan fingerprint density at radius 3 is 2.75 bits per heavy atom. The number of morpholine rings is 1. The summed E-state index contributed by atoms with van der Waals surface area (Å²) in [5, 5.41) is 11.1. The number of ether oxygens (including phenoxy) is 1. The molecule has 0 aliphatic carbocycles. The molecule has 0 saturated carbocycles. The van der Waals surface area contributed by atoms with Crippen LogP contribution in [-0.4, -0.2) is 60.0 Å². The van der Waals surface area contributed by atoms with Gasteiger partial charge in [0.1, 0.15) is 0 Å². The topological polar surface area (TPSA) is 66.7 Å². The summed E-state index contributed by atoms with van der Waals surface area (Å²) in [5.41, 5.74) is 3.70. The van der Waals surface area contributed by atoms with Crippen LogP contribution in [0, 0.1) is 6.92 Å². The Morgan fingerprint density at radius 1 is 1.25 bits per heavy atom. The predicted molar refractivity (Wildman–Crippen MR) is 112 cm³/mol. The minimum atomic E-state index is 0.282. The van der Waals surface area contributed by atoms with Crippen LogP contribution >= 0.6 is 0 Å². The number of aromatic nitrogens is 2. The number of rotatable bonds is 7. The molecular weight excluding hydrogens is 352 g/mol. The van der Waals surface area contributed by atoms with Crippen LogP contribution in [0.5, 0.6) is 0 Å². The first-order valence-corrected chi connectivity index (χ1v) is 10.0. The molecule has 0 bridgehead atoms. The molecule has 1 aromatic heterocycles. The standard InChI is InChI=1S/C21H32N6O/c1-4-22-21(23-15-19-8-9-25-26(19)3)24-16-20(27-10-12-28-13-11-27)18-7-5-6-17(2)14-18/h5-9,14,20H,4,10-13,15-16H2,1-3H3,(H2,22,23,24). The summed E-state index contributed by atoms with van der Waals surface area (Å²) in [5.74, 6) is 0.828. The van der Waals surface area contributed by atoms with Gasteiger partial charge in [-0.25, -0.2) is 4.99 Å². The van der Waals surface area contributed by atoms with Gasteiger partial charge in [-0.05, 0) is 25.5 Å². The second-order valence-corrected chi connectivity index (χ2v) is 7.10. The van der Waals surface area contributed by atoms with Crippen molar-refractivity contribution in [3.05, 3.63) is 53.3 Å². The zero-order valence-electron chi connectivity index (χ0n) is 17.2. The van der Waals surface area contributed by atoms with Crippen LogP contribution in [0.15, 0.2) is 41.5 Å². The van der Waals surface area contributed by atoms with Crippen molar-refractivity contribution in [1.82, 2.24) is 25.3 Å². The lowest BCUT2D eigenvalue weighted by Gasteiger charge is -2.35. The summed E-state index contributed by atoms with van der Waals surface area (Å²) in [7, 11) is 1.94. The number of aliphatic imine (C=N–C) groups is 1. The highest BCUT2D eigenvalue weighted by molar-refractivity contribution is 5.79. The van der Waals surface area contributed by atoms with Gasteiger partial charge in [0.05, 0.1) is 31.5 Å². The summed E-state index contributed by atoms with van der Waals surface area (Å²) >= 11 is 0. The van der Waals surface area contributed by atoms with E-state index in [-0.39, 0.29) is 6.04 Å². The SMILES string of the molecule is CCNC(=NCc1ccnn1C)NCC(c1cccc(C)c1)N1CCOCC1. The largest absolute Gasteiger partial charge is 0.379 e. The van der Waals surface area contributed by atoms with Crippen molar-refractivity contribution in [2.24, 2.45) is 12.0 Å². The van der Waals surface area contributed by atoms with Crippen molar-refractivity contribution in [1.29, 1.82) is 0 Å². The van der Waals surface area contributed by atoms with Gasteiger partial charge in [-0.2, -0.15) is 5.10 Å². The van der Waals surface area contributed by atoms with Gasteiger partial charge in [-0.3, -0.25) is 9.58 Å². The lowest BCUT2D eigenvalue weighted by molar-refractivity contribution is 0.0170. The molecular formula is C21H32N6O. The Bertz CT molecular complexity index is 766. The average Bonchev–Trinajstić information content (AvgIpc) is 3.12. The van der Waals surface area contributed by atoms with Gasteiger partial charge in [-0.1, -0.05) is 29.8 Å². The molecule has 2 aromatic rings. The minimum Gasteiger partial charge on any atom is -0.379 e. The van der Waals surface area contributed by atoms with Crippen LogP contribution in [0.1, 0.15) is 29.8 Å². The molecule has 2 heterocycles. The number of benzene rings is 1.